The van der Waals surface area contributed by atoms with Gasteiger partial charge in [-0.15, -0.1) is 0 Å². The Morgan fingerprint density at radius 1 is 1.00 bits per heavy atom. The van der Waals surface area contributed by atoms with E-state index < -0.39 is 0 Å². The van der Waals surface area contributed by atoms with Gasteiger partial charge in [0.15, 0.2) is 0 Å². The first-order valence-electron chi connectivity index (χ1n) is 10.1. The van der Waals surface area contributed by atoms with Crippen LogP contribution in [-0.4, -0.2) is 22.2 Å². The molecule has 1 heterocycles. The first-order chi connectivity index (χ1) is 14.0. The van der Waals surface area contributed by atoms with E-state index in [0.29, 0.717) is 30.3 Å². The molecule has 0 aliphatic rings. The molecule has 2 aromatic carbocycles. The summed E-state index contributed by atoms with van der Waals surface area (Å²) in [5.74, 6) is 0.116. The second-order valence-corrected chi connectivity index (χ2v) is 7.39. The van der Waals surface area contributed by atoms with E-state index in [1.807, 2.05) is 67.6 Å². The summed E-state index contributed by atoms with van der Waals surface area (Å²) in [6.07, 6.45) is 0.852. The summed E-state index contributed by atoms with van der Waals surface area (Å²) in [6, 6.07) is 19.2. The van der Waals surface area contributed by atoms with E-state index in [4.69, 9.17) is 0 Å². The van der Waals surface area contributed by atoms with Crippen LogP contribution in [0.1, 0.15) is 37.6 Å². The summed E-state index contributed by atoms with van der Waals surface area (Å²) in [5.41, 5.74) is 2.66. The number of carbonyl (C=O) groups excluding carboxylic acids is 1. The topological polar surface area (TPSA) is 64.0 Å². The molecular weight excluding hydrogens is 362 g/mol. The predicted molar refractivity (Wildman–Crippen MR) is 117 cm³/mol. The van der Waals surface area contributed by atoms with E-state index in [0.717, 1.165) is 17.5 Å². The molecule has 150 valence electrons. The molecule has 1 aromatic heterocycles. The van der Waals surface area contributed by atoms with Gasteiger partial charge in [-0.2, -0.15) is 5.10 Å². The molecule has 0 unspecified atom stereocenters. The number of aromatic nitrogens is 2. The fourth-order valence-electron chi connectivity index (χ4n) is 3.24. The standard InChI is InChI=1S/C24H27N3O2/c1-4-27-24(29)21(23(28)25-16-15-17(2)3)20(18-11-7-5-8-12-18)22(26-27)19-13-9-6-10-14-19/h5-14,17H,4,15-16H2,1-3H3,(H,25,28). The molecule has 0 spiro atoms. The summed E-state index contributed by atoms with van der Waals surface area (Å²) in [5, 5.41) is 7.54. The minimum Gasteiger partial charge on any atom is -0.352 e. The third-order valence-electron chi connectivity index (χ3n) is 4.80. The molecule has 5 nitrogen and oxygen atoms in total. The largest absolute Gasteiger partial charge is 0.352 e. The van der Waals surface area contributed by atoms with Gasteiger partial charge in [-0.3, -0.25) is 9.59 Å². The monoisotopic (exact) mass is 389 g/mol. The Labute approximate surface area is 171 Å². The van der Waals surface area contributed by atoms with Gasteiger partial charge in [0.05, 0.1) is 5.69 Å². The number of hydrogen-bond acceptors (Lipinski definition) is 3. The van der Waals surface area contributed by atoms with Crippen molar-refractivity contribution in [3.63, 3.8) is 0 Å². The molecule has 1 amide bonds. The molecule has 5 heteroatoms. The van der Waals surface area contributed by atoms with E-state index >= 15 is 0 Å². The fourth-order valence-corrected chi connectivity index (χ4v) is 3.24. The van der Waals surface area contributed by atoms with Crippen LogP contribution in [0.15, 0.2) is 65.5 Å². The van der Waals surface area contributed by atoms with Crippen molar-refractivity contribution >= 4 is 5.91 Å². The highest BCUT2D eigenvalue weighted by Gasteiger charge is 2.24. The quantitative estimate of drug-likeness (QED) is 0.652. The second-order valence-electron chi connectivity index (χ2n) is 7.39. The summed E-state index contributed by atoms with van der Waals surface area (Å²) < 4.78 is 1.37. The molecule has 1 N–H and O–H groups in total. The molecule has 0 aliphatic heterocycles. The minimum absolute atomic E-state index is 0.149. The highest BCUT2D eigenvalue weighted by Crippen LogP contribution is 2.31. The van der Waals surface area contributed by atoms with Gasteiger partial charge in [-0.1, -0.05) is 74.5 Å². The molecule has 0 aliphatic carbocycles. The van der Waals surface area contributed by atoms with Crippen molar-refractivity contribution < 1.29 is 4.79 Å². The van der Waals surface area contributed by atoms with Gasteiger partial charge in [-0.05, 0) is 24.8 Å². The van der Waals surface area contributed by atoms with Crippen LogP contribution >= 0.6 is 0 Å². The lowest BCUT2D eigenvalue weighted by molar-refractivity contribution is 0.0950. The lowest BCUT2D eigenvalue weighted by Gasteiger charge is -2.17. The number of rotatable bonds is 7. The van der Waals surface area contributed by atoms with Crippen LogP contribution in [0.5, 0.6) is 0 Å². The first kappa shape index (κ1) is 20.5. The molecule has 3 aromatic rings. The highest BCUT2D eigenvalue weighted by molar-refractivity contribution is 6.03. The van der Waals surface area contributed by atoms with Crippen molar-refractivity contribution in [1.82, 2.24) is 15.1 Å². The summed E-state index contributed by atoms with van der Waals surface area (Å²) >= 11 is 0. The Morgan fingerprint density at radius 2 is 1.59 bits per heavy atom. The second kappa shape index (κ2) is 9.32. The summed E-state index contributed by atoms with van der Waals surface area (Å²) in [7, 11) is 0. The van der Waals surface area contributed by atoms with E-state index in [1.54, 1.807) is 0 Å². The van der Waals surface area contributed by atoms with Crippen molar-refractivity contribution in [1.29, 1.82) is 0 Å². The number of aryl methyl sites for hydroxylation is 1. The number of benzene rings is 2. The lowest BCUT2D eigenvalue weighted by Crippen LogP contribution is -2.36. The third-order valence-corrected chi connectivity index (χ3v) is 4.80. The number of nitrogens with zero attached hydrogens (tertiary/aromatic N) is 2. The Bertz CT molecular complexity index is 1030. The fraction of sp³-hybridized carbons (Fsp3) is 0.292. The van der Waals surface area contributed by atoms with E-state index in [2.05, 4.69) is 24.3 Å². The molecule has 0 radical (unpaired) electrons. The van der Waals surface area contributed by atoms with Gasteiger partial charge in [0.1, 0.15) is 5.56 Å². The normalized spacial score (nSPS) is 10.9. The van der Waals surface area contributed by atoms with E-state index in [1.165, 1.54) is 4.68 Å². The van der Waals surface area contributed by atoms with Gasteiger partial charge in [0, 0.05) is 24.2 Å². The highest BCUT2D eigenvalue weighted by atomic mass is 16.2. The van der Waals surface area contributed by atoms with Crippen LogP contribution in [-0.2, 0) is 6.54 Å². The maximum Gasteiger partial charge on any atom is 0.280 e. The van der Waals surface area contributed by atoms with Gasteiger partial charge >= 0.3 is 0 Å². The number of nitrogens with one attached hydrogen (secondary N) is 1. The Balaban J connectivity index is 2.24. The molecule has 29 heavy (non-hydrogen) atoms. The number of hydrogen-bond donors (Lipinski definition) is 1. The average molecular weight is 389 g/mol. The minimum atomic E-state index is -0.368. The molecule has 0 fully saturated rings. The van der Waals surface area contributed by atoms with E-state index in [9.17, 15) is 9.59 Å². The Kier molecular flexibility index (Phi) is 6.60. The van der Waals surface area contributed by atoms with Gasteiger partial charge in [0.25, 0.3) is 11.5 Å². The van der Waals surface area contributed by atoms with Crippen LogP contribution < -0.4 is 10.9 Å². The van der Waals surface area contributed by atoms with Crippen molar-refractivity contribution in [3.05, 3.63) is 76.6 Å². The van der Waals surface area contributed by atoms with Crippen molar-refractivity contribution in [2.75, 3.05) is 6.54 Å². The summed E-state index contributed by atoms with van der Waals surface area (Å²) in [4.78, 5) is 26.3. The maximum atomic E-state index is 13.2. The zero-order valence-electron chi connectivity index (χ0n) is 17.2. The molecule has 0 saturated heterocycles. The van der Waals surface area contributed by atoms with Gasteiger partial charge < -0.3 is 5.32 Å². The van der Waals surface area contributed by atoms with Crippen LogP contribution in [0.2, 0.25) is 0 Å². The average Bonchev–Trinajstić information content (AvgIpc) is 2.74. The van der Waals surface area contributed by atoms with Crippen LogP contribution in [0.25, 0.3) is 22.4 Å². The zero-order chi connectivity index (χ0) is 20.8. The SMILES string of the molecule is CCn1nc(-c2ccccc2)c(-c2ccccc2)c(C(=O)NCCC(C)C)c1=O. The Morgan fingerprint density at radius 3 is 2.14 bits per heavy atom. The molecular formula is C24H27N3O2. The predicted octanol–water partition coefficient (Wildman–Crippen LogP) is 4.37. The zero-order valence-corrected chi connectivity index (χ0v) is 17.2. The van der Waals surface area contributed by atoms with E-state index in [-0.39, 0.29) is 17.0 Å². The third kappa shape index (κ3) is 4.62. The van der Waals surface area contributed by atoms with Crippen LogP contribution in [0.4, 0.5) is 0 Å². The van der Waals surface area contributed by atoms with Crippen molar-refractivity contribution in [2.24, 2.45) is 5.92 Å². The molecule has 0 saturated carbocycles. The van der Waals surface area contributed by atoms with Crippen LogP contribution in [0.3, 0.4) is 0 Å². The number of amides is 1. The van der Waals surface area contributed by atoms with Gasteiger partial charge in [0.2, 0.25) is 0 Å². The van der Waals surface area contributed by atoms with Crippen molar-refractivity contribution in [2.45, 2.75) is 33.7 Å². The number of carbonyl (C=O) groups is 1. The van der Waals surface area contributed by atoms with Crippen molar-refractivity contribution in [3.8, 4) is 22.4 Å². The van der Waals surface area contributed by atoms with Gasteiger partial charge in [-0.25, -0.2) is 4.68 Å². The Hall–Kier alpha value is -3.21. The molecule has 3 rings (SSSR count). The lowest BCUT2D eigenvalue weighted by atomic mass is 9.95. The molecule has 0 atom stereocenters. The van der Waals surface area contributed by atoms with Crippen LogP contribution in [0, 0.1) is 5.92 Å². The smallest absolute Gasteiger partial charge is 0.280 e. The maximum absolute atomic E-state index is 13.2. The summed E-state index contributed by atoms with van der Waals surface area (Å²) in [6.45, 7) is 6.97. The molecule has 0 bridgehead atoms. The first-order valence-corrected chi connectivity index (χ1v) is 10.1.